The van der Waals surface area contributed by atoms with Gasteiger partial charge in [-0.3, -0.25) is 4.79 Å². The third kappa shape index (κ3) is 1.68. The summed E-state index contributed by atoms with van der Waals surface area (Å²) in [5, 5.41) is 0. The summed E-state index contributed by atoms with van der Waals surface area (Å²) in [7, 11) is 0. The molecule has 0 aliphatic rings. The molecule has 0 saturated heterocycles. The molecule has 0 bridgehead atoms. The molecular formula is C11H6N2O3S. The lowest BCUT2D eigenvalue weighted by Crippen LogP contribution is -2.09. The molecule has 0 fully saturated rings. The van der Waals surface area contributed by atoms with Crippen LogP contribution in [0.5, 0.6) is 0 Å². The number of aromatic nitrogens is 2. The summed E-state index contributed by atoms with van der Waals surface area (Å²) in [6, 6.07) is 6.77. The van der Waals surface area contributed by atoms with Crippen molar-refractivity contribution in [2.24, 2.45) is 0 Å². The van der Waals surface area contributed by atoms with E-state index in [2.05, 4.69) is 8.75 Å². The standard InChI is InChI=1S/C11H6N2O3S/c14-11-9(7-3-1-5-15-7)12-17-13-10(11)8-4-2-6-16-8/h1-6H. The molecular weight excluding hydrogens is 240 g/mol. The van der Waals surface area contributed by atoms with Crippen molar-refractivity contribution in [3.63, 3.8) is 0 Å². The van der Waals surface area contributed by atoms with Crippen LogP contribution in [0.4, 0.5) is 0 Å². The largest absolute Gasteiger partial charge is 0.463 e. The average Bonchev–Trinajstić information content (AvgIpc) is 3.02. The van der Waals surface area contributed by atoms with Gasteiger partial charge >= 0.3 is 0 Å². The number of hydrogen-bond acceptors (Lipinski definition) is 6. The van der Waals surface area contributed by atoms with Crippen molar-refractivity contribution in [3.8, 4) is 22.9 Å². The lowest BCUT2D eigenvalue weighted by molar-refractivity contribution is 0.577. The Morgan fingerprint density at radius 3 is 1.88 bits per heavy atom. The molecule has 0 unspecified atom stereocenters. The quantitative estimate of drug-likeness (QED) is 0.694. The normalized spacial score (nSPS) is 10.6. The lowest BCUT2D eigenvalue weighted by atomic mass is 10.2. The third-order valence-corrected chi connectivity index (χ3v) is 2.73. The van der Waals surface area contributed by atoms with Crippen molar-refractivity contribution in [2.75, 3.05) is 0 Å². The van der Waals surface area contributed by atoms with Gasteiger partial charge in [0.25, 0.3) is 0 Å². The van der Waals surface area contributed by atoms with Gasteiger partial charge < -0.3 is 8.83 Å². The first kappa shape index (κ1) is 9.98. The van der Waals surface area contributed by atoms with Crippen LogP contribution in [0.25, 0.3) is 22.9 Å². The minimum Gasteiger partial charge on any atom is -0.463 e. The van der Waals surface area contributed by atoms with Crippen LogP contribution in [-0.2, 0) is 0 Å². The van der Waals surface area contributed by atoms with Crippen LogP contribution in [0.1, 0.15) is 0 Å². The first-order valence-corrected chi connectivity index (χ1v) is 5.54. The van der Waals surface area contributed by atoms with Gasteiger partial charge in [0, 0.05) is 0 Å². The van der Waals surface area contributed by atoms with Gasteiger partial charge in [-0.2, -0.15) is 8.75 Å². The highest BCUT2D eigenvalue weighted by Gasteiger charge is 2.15. The zero-order chi connectivity index (χ0) is 11.7. The fourth-order valence-corrected chi connectivity index (χ4v) is 1.99. The smallest absolute Gasteiger partial charge is 0.239 e. The van der Waals surface area contributed by atoms with Gasteiger partial charge in [-0.25, -0.2) is 0 Å². The van der Waals surface area contributed by atoms with E-state index in [1.54, 1.807) is 24.3 Å². The zero-order valence-corrected chi connectivity index (χ0v) is 9.31. The Hall–Kier alpha value is -2.21. The summed E-state index contributed by atoms with van der Waals surface area (Å²) in [5.74, 6) is 0.864. The van der Waals surface area contributed by atoms with E-state index in [-0.39, 0.29) is 16.8 Å². The second-order valence-corrected chi connectivity index (χ2v) is 3.77. The minimum atomic E-state index is -0.298. The summed E-state index contributed by atoms with van der Waals surface area (Å²) in [6.45, 7) is 0. The molecule has 0 aromatic carbocycles. The Morgan fingerprint density at radius 1 is 0.941 bits per heavy atom. The monoisotopic (exact) mass is 246 g/mol. The van der Waals surface area contributed by atoms with Crippen LogP contribution in [0.15, 0.2) is 50.4 Å². The van der Waals surface area contributed by atoms with Crippen molar-refractivity contribution in [3.05, 3.63) is 47.0 Å². The molecule has 0 N–H and O–H groups in total. The second-order valence-electron chi connectivity index (χ2n) is 3.25. The van der Waals surface area contributed by atoms with E-state index in [1.165, 1.54) is 12.5 Å². The van der Waals surface area contributed by atoms with Gasteiger partial charge in [-0.15, -0.1) is 0 Å². The molecule has 0 spiro atoms. The lowest BCUT2D eigenvalue weighted by Gasteiger charge is -1.96. The highest BCUT2D eigenvalue weighted by atomic mass is 32.1. The topological polar surface area (TPSA) is 69.1 Å². The first-order valence-electron chi connectivity index (χ1n) is 4.81. The van der Waals surface area contributed by atoms with E-state index in [4.69, 9.17) is 8.83 Å². The van der Waals surface area contributed by atoms with E-state index in [0.29, 0.717) is 11.5 Å². The molecule has 0 saturated carbocycles. The van der Waals surface area contributed by atoms with E-state index in [0.717, 1.165) is 11.7 Å². The van der Waals surface area contributed by atoms with E-state index < -0.39 is 0 Å². The van der Waals surface area contributed by atoms with Crippen molar-refractivity contribution in [2.45, 2.75) is 0 Å². The summed E-state index contributed by atoms with van der Waals surface area (Å²) >= 11 is 0.946. The Labute approximate surface area is 99.7 Å². The molecule has 3 aromatic heterocycles. The molecule has 17 heavy (non-hydrogen) atoms. The van der Waals surface area contributed by atoms with Gasteiger partial charge in [0.05, 0.1) is 24.3 Å². The van der Waals surface area contributed by atoms with Gasteiger partial charge in [0.15, 0.2) is 22.9 Å². The molecule has 0 atom stereocenters. The van der Waals surface area contributed by atoms with Crippen LogP contribution < -0.4 is 5.43 Å². The highest BCUT2D eigenvalue weighted by molar-refractivity contribution is 6.99. The van der Waals surface area contributed by atoms with Crippen molar-refractivity contribution in [1.29, 1.82) is 0 Å². The van der Waals surface area contributed by atoms with Crippen molar-refractivity contribution in [1.82, 2.24) is 8.75 Å². The maximum absolute atomic E-state index is 12.1. The summed E-state index contributed by atoms with van der Waals surface area (Å²) in [5.41, 5.74) is 0.205. The first-order chi connectivity index (χ1) is 8.36. The molecule has 3 rings (SSSR count). The van der Waals surface area contributed by atoms with Gasteiger partial charge in [-0.05, 0) is 24.3 Å². The van der Waals surface area contributed by atoms with Crippen LogP contribution in [-0.4, -0.2) is 8.75 Å². The molecule has 6 heteroatoms. The number of furan rings is 2. The van der Waals surface area contributed by atoms with E-state index >= 15 is 0 Å². The highest BCUT2D eigenvalue weighted by Crippen LogP contribution is 2.19. The maximum atomic E-state index is 12.1. The Bertz CT molecular complexity index is 616. The summed E-state index contributed by atoms with van der Waals surface area (Å²) in [4.78, 5) is 12.1. The fraction of sp³-hybridized carbons (Fsp3) is 0. The Morgan fingerprint density at radius 2 is 1.47 bits per heavy atom. The van der Waals surface area contributed by atoms with E-state index in [9.17, 15) is 4.79 Å². The van der Waals surface area contributed by atoms with E-state index in [1.807, 2.05) is 0 Å². The molecule has 0 radical (unpaired) electrons. The van der Waals surface area contributed by atoms with Crippen LogP contribution in [0.2, 0.25) is 0 Å². The predicted molar refractivity (Wildman–Crippen MR) is 61.6 cm³/mol. The number of nitrogens with zero attached hydrogens (tertiary/aromatic N) is 2. The van der Waals surface area contributed by atoms with Crippen molar-refractivity contribution < 1.29 is 8.83 Å². The zero-order valence-electron chi connectivity index (χ0n) is 8.49. The predicted octanol–water partition coefficient (Wildman–Crippen LogP) is 2.42. The van der Waals surface area contributed by atoms with Gasteiger partial charge in [0.1, 0.15) is 0 Å². The summed E-state index contributed by atoms with van der Waals surface area (Å²) in [6.07, 6.45) is 2.99. The number of hydrogen-bond donors (Lipinski definition) is 0. The molecule has 5 nitrogen and oxygen atoms in total. The molecule has 0 amide bonds. The molecule has 0 aliphatic carbocycles. The second kappa shape index (κ2) is 3.99. The SMILES string of the molecule is O=c1c(-c2ccco2)nsnc1-c1ccco1. The Kier molecular flexibility index (Phi) is 2.34. The van der Waals surface area contributed by atoms with Crippen molar-refractivity contribution >= 4 is 11.7 Å². The van der Waals surface area contributed by atoms with Gasteiger partial charge in [-0.1, -0.05) is 0 Å². The maximum Gasteiger partial charge on any atom is 0.239 e. The summed E-state index contributed by atoms with van der Waals surface area (Å²) < 4.78 is 18.3. The van der Waals surface area contributed by atoms with Crippen LogP contribution in [0, 0.1) is 0 Å². The Balaban J connectivity index is 2.21. The number of rotatable bonds is 2. The van der Waals surface area contributed by atoms with Crippen LogP contribution in [0.3, 0.4) is 0 Å². The minimum absolute atomic E-state index is 0.251. The van der Waals surface area contributed by atoms with Crippen LogP contribution >= 0.6 is 11.7 Å². The third-order valence-electron chi connectivity index (χ3n) is 2.20. The molecule has 0 aliphatic heterocycles. The van der Waals surface area contributed by atoms with Gasteiger partial charge in [0.2, 0.25) is 5.43 Å². The average molecular weight is 246 g/mol. The molecule has 84 valence electrons. The molecule has 3 heterocycles. The molecule has 3 aromatic rings. The fourth-order valence-electron chi connectivity index (χ4n) is 1.44.